The number of nitrogens with one attached hydrogen (secondary N) is 1. The van der Waals surface area contributed by atoms with Crippen LogP contribution in [0, 0.1) is 17.1 Å². The third-order valence-corrected chi connectivity index (χ3v) is 4.61. The first kappa shape index (κ1) is 15.6. The molecule has 0 radical (unpaired) electrons. The third kappa shape index (κ3) is 3.45. The van der Waals surface area contributed by atoms with Gasteiger partial charge in [0.1, 0.15) is 10.7 Å². The first-order valence-electron chi connectivity index (χ1n) is 5.51. The monoisotopic (exact) mass is 344 g/mol. The summed E-state index contributed by atoms with van der Waals surface area (Å²) in [5.74, 6) is -0.865. The van der Waals surface area contributed by atoms with Crippen molar-refractivity contribution < 1.29 is 12.8 Å². The number of sulfonamides is 1. The number of halogens is 3. The van der Waals surface area contributed by atoms with Gasteiger partial charge in [-0.15, -0.1) is 0 Å². The first-order valence-corrected chi connectivity index (χ1v) is 7.75. The van der Waals surface area contributed by atoms with Crippen LogP contribution in [0.25, 0.3) is 0 Å². The van der Waals surface area contributed by atoms with Gasteiger partial charge in [-0.05, 0) is 36.4 Å². The van der Waals surface area contributed by atoms with E-state index in [4.69, 9.17) is 28.5 Å². The molecule has 0 saturated heterocycles. The van der Waals surface area contributed by atoms with Crippen molar-refractivity contribution in [3.63, 3.8) is 0 Å². The minimum atomic E-state index is -4.10. The Balaban J connectivity index is 2.43. The van der Waals surface area contributed by atoms with E-state index >= 15 is 0 Å². The van der Waals surface area contributed by atoms with Crippen LogP contribution in [0.1, 0.15) is 5.56 Å². The SMILES string of the molecule is N#Cc1ccc(NS(=O)(=O)c2cc(Cl)ccc2Cl)c(F)c1. The van der Waals surface area contributed by atoms with Crippen LogP contribution in [-0.4, -0.2) is 8.42 Å². The fourth-order valence-electron chi connectivity index (χ4n) is 1.55. The lowest BCUT2D eigenvalue weighted by Gasteiger charge is -2.10. The molecule has 0 aromatic heterocycles. The van der Waals surface area contributed by atoms with Gasteiger partial charge in [-0.25, -0.2) is 12.8 Å². The van der Waals surface area contributed by atoms with Crippen LogP contribution in [0.4, 0.5) is 10.1 Å². The summed E-state index contributed by atoms with van der Waals surface area (Å²) in [6.07, 6.45) is 0. The molecular formula is C13H7Cl2FN2O2S. The second-order valence-corrected chi connectivity index (χ2v) is 6.48. The lowest BCUT2D eigenvalue weighted by atomic mass is 10.2. The number of rotatable bonds is 3. The molecule has 2 rings (SSSR count). The van der Waals surface area contributed by atoms with E-state index in [2.05, 4.69) is 4.72 Å². The topological polar surface area (TPSA) is 70.0 Å². The second kappa shape index (κ2) is 5.90. The van der Waals surface area contributed by atoms with Gasteiger partial charge >= 0.3 is 0 Å². The fourth-order valence-corrected chi connectivity index (χ4v) is 3.38. The minimum Gasteiger partial charge on any atom is -0.277 e. The van der Waals surface area contributed by atoms with Gasteiger partial charge in [-0.3, -0.25) is 4.72 Å². The van der Waals surface area contributed by atoms with Gasteiger partial charge in [0.15, 0.2) is 0 Å². The van der Waals surface area contributed by atoms with Gasteiger partial charge in [0.05, 0.1) is 22.3 Å². The number of anilines is 1. The first-order chi connectivity index (χ1) is 9.83. The molecule has 0 saturated carbocycles. The number of hydrogen-bond donors (Lipinski definition) is 1. The van der Waals surface area contributed by atoms with Crippen molar-refractivity contribution in [3.8, 4) is 6.07 Å². The molecule has 0 aliphatic heterocycles. The highest BCUT2D eigenvalue weighted by atomic mass is 35.5. The highest BCUT2D eigenvalue weighted by molar-refractivity contribution is 7.92. The van der Waals surface area contributed by atoms with Crippen molar-refractivity contribution in [2.24, 2.45) is 0 Å². The number of hydrogen-bond acceptors (Lipinski definition) is 3. The zero-order valence-corrected chi connectivity index (χ0v) is 12.6. The molecule has 0 atom stereocenters. The highest BCUT2D eigenvalue weighted by Crippen LogP contribution is 2.27. The molecule has 2 aromatic carbocycles. The second-order valence-electron chi connectivity index (χ2n) is 3.99. The molecule has 108 valence electrons. The smallest absolute Gasteiger partial charge is 0.263 e. The summed E-state index contributed by atoms with van der Waals surface area (Å²) >= 11 is 11.6. The summed E-state index contributed by atoms with van der Waals surface area (Å²) in [6.45, 7) is 0. The van der Waals surface area contributed by atoms with Gasteiger partial charge in [-0.2, -0.15) is 5.26 Å². The van der Waals surface area contributed by atoms with Crippen molar-refractivity contribution in [2.75, 3.05) is 4.72 Å². The van der Waals surface area contributed by atoms with E-state index in [1.165, 1.54) is 18.2 Å². The summed E-state index contributed by atoms with van der Waals surface area (Å²) in [6, 6.07) is 9.05. The zero-order valence-electron chi connectivity index (χ0n) is 10.3. The molecule has 0 aliphatic rings. The molecular weight excluding hydrogens is 338 g/mol. The Bertz CT molecular complexity index is 848. The van der Waals surface area contributed by atoms with Crippen molar-refractivity contribution in [1.82, 2.24) is 0 Å². The average Bonchev–Trinajstić information content (AvgIpc) is 2.43. The molecule has 0 spiro atoms. The Morgan fingerprint density at radius 1 is 1.14 bits per heavy atom. The lowest BCUT2D eigenvalue weighted by Crippen LogP contribution is -2.14. The summed E-state index contributed by atoms with van der Waals surface area (Å²) in [5, 5.41) is 8.78. The van der Waals surface area contributed by atoms with Crippen LogP contribution < -0.4 is 4.72 Å². The van der Waals surface area contributed by atoms with Gasteiger partial charge in [0.25, 0.3) is 10.0 Å². The molecule has 0 aliphatic carbocycles. The number of benzene rings is 2. The van der Waals surface area contributed by atoms with Crippen molar-refractivity contribution in [1.29, 1.82) is 5.26 Å². The maximum Gasteiger partial charge on any atom is 0.263 e. The molecule has 0 bridgehead atoms. The maximum atomic E-state index is 13.7. The summed E-state index contributed by atoms with van der Waals surface area (Å²) < 4.78 is 40.2. The van der Waals surface area contributed by atoms with Crippen LogP contribution in [0.2, 0.25) is 10.0 Å². The molecule has 2 aromatic rings. The molecule has 21 heavy (non-hydrogen) atoms. The van der Waals surface area contributed by atoms with Gasteiger partial charge in [-0.1, -0.05) is 23.2 Å². The fraction of sp³-hybridized carbons (Fsp3) is 0. The standard InChI is InChI=1S/C13H7Cl2FN2O2S/c14-9-2-3-10(15)13(6-9)21(19,20)18-12-4-1-8(7-17)5-11(12)16/h1-6,18H. The Morgan fingerprint density at radius 3 is 2.48 bits per heavy atom. The van der Waals surface area contributed by atoms with Crippen molar-refractivity contribution in [3.05, 3.63) is 57.8 Å². The molecule has 4 nitrogen and oxygen atoms in total. The van der Waals surface area contributed by atoms with E-state index in [0.29, 0.717) is 0 Å². The van der Waals surface area contributed by atoms with Crippen LogP contribution in [0.15, 0.2) is 41.3 Å². The molecule has 1 N–H and O–H groups in total. The van der Waals surface area contributed by atoms with Crippen LogP contribution in [0.3, 0.4) is 0 Å². The largest absolute Gasteiger partial charge is 0.277 e. The Kier molecular flexibility index (Phi) is 4.37. The Labute approximate surface area is 130 Å². The van der Waals surface area contributed by atoms with E-state index < -0.39 is 15.8 Å². The zero-order chi connectivity index (χ0) is 15.6. The van der Waals surface area contributed by atoms with E-state index in [-0.39, 0.29) is 26.2 Å². The van der Waals surface area contributed by atoms with E-state index in [9.17, 15) is 12.8 Å². The predicted molar refractivity (Wildman–Crippen MR) is 78.4 cm³/mol. The lowest BCUT2D eigenvalue weighted by molar-refractivity contribution is 0.598. The predicted octanol–water partition coefficient (Wildman–Crippen LogP) is 3.80. The average molecular weight is 345 g/mol. The third-order valence-electron chi connectivity index (χ3n) is 2.53. The molecule has 0 unspecified atom stereocenters. The summed E-state index contributed by atoms with van der Waals surface area (Å²) in [4.78, 5) is -0.263. The Morgan fingerprint density at radius 2 is 1.86 bits per heavy atom. The number of nitriles is 1. The number of nitrogens with zero attached hydrogens (tertiary/aromatic N) is 1. The minimum absolute atomic E-state index is 0.0408. The van der Waals surface area contributed by atoms with E-state index in [0.717, 1.165) is 18.2 Å². The maximum absolute atomic E-state index is 13.7. The van der Waals surface area contributed by atoms with Crippen LogP contribution in [0.5, 0.6) is 0 Å². The Hall–Kier alpha value is -1.81. The van der Waals surface area contributed by atoms with Crippen LogP contribution in [-0.2, 0) is 10.0 Å². The van der Waals surface area contributed by atoms with Gasteiger partial charge in [0, 0.05) is 5.02 Å². The molecule has 0 amide bonds. The summed E-state index contributed by atoms with van der Waals surface area (Å²) in [5.41, 5.74) is -0.207. The summed E-state index contributed by atoms with van der Waals surface area (Å²) in [7, 11) is -4.10. The highest BCUT2D eigenvalue weighted by Gasteiger charge is 2.20. The van der Waals surface area contributed by atoms with Crippen molar-refractivity contribution in [2.45, 2.75) is 4.90 Å². The molecule has 8 heteroatoms. The molecule has 0 heterocycles. The quantitative estimate of drug-likeness (QED) is 0.920. The van der Waals surface area contributed by atoms with Crippen molar-refractivity contribution >= 4 is 38.9 Å². The van der Waals surface area contributed by atoms with Gasteiger partial charge < -0.3 is 0 Å². The van der Waals surface area contributed by atoms with Crippen LogP contribution >= 0.6 is 23.2 Å². The van der Waals surface area contributed by atoms with E-state index in [1.54, 1.807) is 6.07 Å². The molecule has 0 fully saturated rings. The normalized spacial score (nSPS) is 11.0. The van der Waals surface area contributed by atoms with Gasteiger partial charge in [0.2, 0.25) is 0 Å². The van der Waals surface area contributed by atoms with E-state index in [1.807, 2.05) is 0 Å².